The first-order valence-corrected chi connectivity index (χ1v) is 8.79. The summed E-state index contributed by atoms with van der Waals surface area (Å²) >= 11 is 2.86. The summed E-state index contributed by atoms with van der Waals surface area (Å²) < 4.78 is 29.3. The van der Waals surface area contributed by atoms with Crippen LogP contribution in [0.15, 0.2) is 47.1 Å². The molecule has 3 aromatic rings. The maximum Gasteiger partial charge on any atom is 0.168 e. The molecule has 2 heterocycles. The minimum atomic E-state index is -0.559. The van der Waals surface area contributed by atoms with Gasteiger partial charge in [-0.25, -0.2) is 13.8 Å². The first-order valence-electron chi connectivity index (χ1n) is 6.92. The van der Waals surface area contributed by atoms with Gasteiger partial charge in [0.25, 0.3) is 0 Å². The van der Waals surface area contributed by atoms with Crippen molar-refractivity contribution in [2.75, 3.05) is 0 Å². The lowest BCUT2D eigenvalue weighted by Crippen LogP contribution is -2.05. The fourth-order valence-electron chi connectivity index (χ4n) is 2.17. The Morgan fingerprint density at radius 3 is 2.61 bits per heavy atom. The van der Waals surface area contributed by atoms with Crippen LogP contribution in [0.2, 0.25) is 0 Å². The van der Waals surface area contributed by atoms with Crippen LogP contribution in [0.4, 0.5) is 8.78 Å². The maximum atomic E-state index is 13.7. The van der Waals surface area contributed by atoms with Crippen LogP contribution in [0.25, 0.3) is 0 Å². The molecule has 0 aliphatic rings. The molecule has 0 aliphatic carbocycles. The standard InChI is InChI=1S/C16H14F2N2OS2/c17-14-4-1-5-15(18)13(14)10-23-16-19-7-11(9-21)20(16)8-12-3-2-6-22-12/h1-7,21H,8-10H2. The lowest BCUT2D eigenvalue weighted by molar-refractivity contribution is 0.270. The van der Waals surface area contributed by atoms with Gasteiger partial charge in [0.2, 0.25) is 0 Å². The van der Waals surface area contributed by atoms with Gasteiger partial charge in [0.05, 0.1) is 25.0 Å². The number of imidazole rings is 1. The molecule has 0 spiro atoms. The van der Waals surface area contributed by atoms with Gasteiger partial charge in [0.1, 0.15) is 11.6 Å². The van der Waals surface area contributed by atoms with E-state index in [9.17, 15) is 13.9 Å². The smallest absolute Gasteiger partial charge is 0.168 e. The van der Waals surface area contributed by atoms with Gasteiger partial charge in [-0.3, -0.25) is 0 Å². The number of nitrogens with zero attached hydrogens (tertiary/aromatic N) is 2. The Balaban J connectivity index is 1.81. The molecule has 0 saturated heterocycles. The molecule has 0 atom stereocenters. The summed E-state index contributed by atoms with van der Waals surface area (Å²) in [6, 6.07) is 7.79. The molecule has 0 radical (unpaired) electrons. The molecule has 3 rings (SSSR count). The van der Waals surface area contributed by atoms with Gasteiger partial charge in [-0.2, -0.15) is 0 Å². The summed E-state index contributed by atoms with van der Waals surface area (Å²) in [5.41, 5.74) is 0.712. The molecule has 7 heteroatoms. The lowest BCUT2D eigenvalue weighted by atomic mass is 10.2. The van der Waals surface area contributed by atoms with E-state index in [2.05, 4.69) is 4.98 Å². The molecular weight excluding hydrogens is 338 g/mol. The predicted molar refractivity (Wildman–Crippen MR) is 87.5 cm³/mol. The van der Waals surface area contributed by atoms with Crippen molar-refractivity contribution in [2.45, 2.75) is 24.1 Å². The Hall–Kier alpha value is -1.70. The highest BCUT2D eigenvalue weighted by atomic mass is 32.2. The molecule has 0 amide bonds. The third-order valence-electron chi connectivity index (χ3n) is 3.36. The van der Waals surface area contributed by atoms with E-state index in [-0.39, 0.29) is 17.9 Å². The number of aliphatic hydroxyl groups is 1. The topological polar surface area (TPSA) is 38.1 Å². The number of rotatable bonds is 6. The molecule has 0 saturated carbocycles. The average Bonchev–Trinajstić information content (AvgIpc) is 3.17. The Kier molecular flexibility index (Phi) is 5.09. The van der Waals surface area contributed by atoms with Crippen molar-refractivity contribution < 1.29 is 13.9 Å². The van der Waals surface area contributed by atoms with Gasteiger partial charge in [-0.1, -0.05) is 23.9 Å². The maximum absolute atomic E-state index is 13.7. The van der Waals surface area contributed by atoms with Gasteiger partial charge in [-0.15, -0.1) is 11.3 Å². The highest BCUT2D eigenvalue weighted by Gasteiger charge is 2.14. The summed E-state index contributed by atoms with van der Waals surface area (Å²) in [6.07, 6.45) is 1.59. The molecule has 3 nitrogen and oxygen atoms in total. The van der Waals surface area contributed by atoms with E-state index in [1.54, 1.807) is 17.5 Å². The van der Waals surface area contributed by atoms with Crippen LogP contribution in [0, 0.1) is 11.6 Å². The van der Waals surface area contributed by atoms with Crippen molar-refractivity contribution in [3.63, 3.8) is 0 Å². The van der Waals surface area contributed by atoms with Gasteiger partial charge >= 0.3 is 0 Å². The van der Waals surface area contributed by atoms with E-state index in [1.807, 2.05) is 22.1 Å². The average molecular weight is 352 g/mol. The number of aromatic nitrogens is 2. The summed E-state index contributed by atoms with van der Waals surface area (Å²) in [5, 5.41) is 12.1. The number of thiophene rings is 1. The molecule has 2 aromatic heterocycles. The fourth-order valence-corrected chi connectivity index (χ4v) is 3.87. The molecular formula is C16H14F2N2OS2. The van der Waals surface area contributed by atoms with Crippen molar-refractivity contribution in [3.8, 4) is 0 Å². The van der Waals surface area contributed by atoms with E-state index < -0.39 is 11.6 Å². The van der Waals surface area contributed by atoms with E-state index >= 15 is 0 Å². The van der Waals surface area contributed by atoms with Crippen LogP contribution in [0.1, 0.15) is 16.1 Å². The zero-order valence-electron chi connectivity index (χ0n) is 12.1. The minimum Gasteiger partial charge on any atom is -0.390 e. The summed E-state index contributed by atoms with van der Waals surface area (Å²) in [6.45, 7) is 0.447. The predicted octanol–water partition coefficient (Wildman–Crippen LogP) is 4.06. The largest absolute Gasteiger partial charge is 0.390 e. The Labute approximate surface area is 140 Å². The van der Waals surface area contributed by atoms with E-state index in [1.165, 1.54) is 30.0 Å². The van der Waals surface area contributed by atoms with Crippen LogP contribution in [0.5, 0.6) is 0 Å². The summed E-state index contributed by atoms with van der Waals surface area (Å²) in [7, 11) is 0. The number of aliphatic hydroxyl groups excluding tert-OH is 1. The summed E-state index contributed by atoms with van der Waals surface area (Å²) in [4.78, 5) is 5.39. The second-order valence-corrected chi connectivity index (χ2v) is 6.82. The van der Waals surface area contributed by atoms with Crippen molar-refractivity contribution in [2.24, 2.45) is 0 Å². The van der Waals surface area contributed by atoms with E-state index in [0.717, 1.165) is 4.88 Å². The first kappa shape index (κ1) is 16.2. The molecule has 120 valence electrons. The van der Waals surface area contributed by atoms with E-state index in [0.29, 0.717) is 17.4 Å². The van der Waals surface area contributed by atoms with Crippen LogP contribution >= 0.6 is 23.1 Å². The SMILES string of the molecule is OCc1cnc(SCc2c(F)cccc2F)n1Cc1cccs1. The van der Waals surface area contributed by atoms with Crippen molar-refractivity contribution in [1.82, 2.24) is 9.55 Å². The minimum absolute atomic E-state index is 0.0359. The van der Waals surface area contributed by atoms with E-state index in [4.69, 9.17) is 0 Å². The number of benzene rings is 1. The Morgan fingerprint density at radius 2 is 1.96 bits per heavy atom. The lowest BCUT2D eigenvalue weighted by Gasteiger charge is -2.10. The van der Waals surface area contributed by atoms with Crippen LogP contribution < -0.4 is 0 Å². The van der Waals surface area contributed by atoms with Gasteiger partial charge in [-0.05, 0) is 23.6 Å². The molecule has 0 aliphatic heterocycles. The molecule has 23 heavy (non-hydrogen) atoms. The van der Waals surface area contributed by atoms with Crippen LogP contribution in [0.3, 0.4) is 0 Å². The number of thioether (sulfide) groups is 1. The Morgan fingerprint density at radius 1 is 1.17 bits per heavy atom. The van der Waals surface area contributed by atoms with Crippen LogP contribution in [-0.2, 0) is 18.9 Å². The monoisotopic (exact) mass is 352 g/mol. The molecule has 0 fully saturated rings. The number of hydrogen-bond donors (Lipinski definition) is 1. The summed E-state index contributed by atoms with van der Waals surface area (Å²) in [5.74, 6) is -0.974. The third kappa shape index (κ3) is 3.63. The third-order valence-corrected chi connectivity index (χ3v) is 5.24. The second kappa shape index (κ2) is 7.25. The highest BCUT2D eigenvalue weighted by molar-refractivity contribution is 7.98. The van der Waals surface area contributed by atoms with Gasteiger partial charge in [0, 0.05) is 16.2 Å². The molecule has 1 aromatic carbocycles. The molecule has 1 N–H and O–H groups in total. The van der Waals surface area contributed by atoms with Crippen LogP contribution in [-0.4, -0.2) is 14.7 Å². The van der Waals surface area contributed by atoms with Crippen molar-refractivity contribution in [1.29, 1.82) is 0 Å². The van der Waals surface area contributed by atoms with Gasteiger partial charge in [0.15, 0.2) is 5.16 Å². The molecule has 0 unspecified atom stereocenters. The van der Waals surface area contributed by atoms with Gasteiger partial charge < -0.3 is 9.67 Å². The number of hydrogen-bond acceptors (Lipinski definition) is 4. The first-order chi connectivity index (χ1) is 11.2. The number of halogens is 2. The zero-order valence-corrected chi connectivity index (χ0v) is 13.7. The second-order valence-electron chi connectivity index (χ2n) is 4.84. The zero-order chi connectivity index (χ0) is 16.2. The quantitative estimate of drug-likeness (QED) is 0.680. The van der Waals surface area contributed by atoms with Crippen molar-refractivity contribution >= 4 is 23.1 Å². The Bertz CT molecular complexity index is 767. The molecule has 0 bridgehead atoms. The van der Waals surface area contributed by atoms with Crippen molar-refractivity contribution in [3.05, 3.63) is 69.7 Å². The normalized spacial score (nSPS) is 11.1. The highest BCUT2D eigenvalue weighted by Crippen LogP contribution is 2.27. The fraction of sp³-hybridized carbons (Fsp3) is 0.188.